The van der Waals surface area contributed by atoms with E-state index in [1.807, 2.05) is 30.1 Å². The van der Waals surface area contributed by atoms with Crippen LogP contribution in [-0.2, 0) is 18.0 Å². The third-order valence-corrected chi connectivity index (χ3v) is 4.11. The van der Waals surface area contributed by atoms with E-state index >= 15 is 0 Å². The summed E-state index contributed by atoms with van der Waals surface area (Å²) in [7, 11) is 1.91. The number of hydrogen-bond donors (Lipinski definition) is 1. The molecule has 4 nitrogen and oxygen atoms in total. The molecule has 1 aromatic rings. The van der Waals surface area contributed by atoms with Crippen LogP contribution in [0.5, 0.6) is 0 Å². The third-order valence-electron chi connectivity index (χ3n) is 4.11. The zero-order chi connectivity index (χ0) is 13.2. The Balaban J connectivity index is 1.75. The highest BCUT2D eigenvalue weighted by atomic mass is 16.5. The Morgan fingerprint density at radius 2 is 2.21 bits per heavy atom. The van der Waals surface area contributed by atoms with Gasteiger partial charge in [-0.2, -0.15) is 0 Å². The Kier molecular flexibility index (Phi) is 3.53. The molecule has 0 aliphatic carbocycles. The van der Waals surface area contributed by atoms with Gasteiger partial charge in [-0.25, -0.2) is 0 Å². The van der Waals surface area contributed by atoms with Crippen molar-refractivity contribution in [1.82, 2.24) is 10.2 Å². The molecule has 1 unspecified atom stereocenters. The Morgan fingerprint density at radius 3 is 3.00 bits per heavy atom. The molecular formula is C15H20N2O2. The molecule has 2 aliphatic heterocycles. The van der Waals surface area contributed by atoms with Crippen LogP contribution in [0.25, 0.3) is 0 Å². The number of carbonyl (C=O) groups excluding carboxylic acids is 1. The smallest absolute Gasteiger partial charge is 0.253 e. The number of hydrogen-bond acceptors (Lipinski definition) is 3. The fourth-order valence-electron chi connectivity index (χ4n) is 2.84. The van der Waals surface area contributed by atoms with E-state index in [-0.39, 0.29) is 5.91 Å². The van der Waals surface area contributed by atoms with Crippen molar-refractivity contribution < 1.29 is 9.53 Å². The first-order valence-electron chi connectivity index (χ1n) is 6.93. The summed E-state index contributed by atoms with van der Waals surface area (Å²) < 4.78 is 5.39. The molecular weight excluding hydrogens is 240 g/mol. The van der Waals surface area contributed by atoms with Gasteiger partial charge in [0.2, 0.25) is 0 Å². The molecule has 102 valence electrons. The molecule has 1 amide bonds. The number of fused-ring (bicyclic) bond motifs is 1. The van der Waals surface area contributed by atoms with Crippen LogP contribution in [0.2, 0.25) is 0 Å². The first-order valence-corrected chi connectivity index (χ1v) is 6.93. The number of ether oxygens (including phenoxy) is 1. The number of nitrogens with zero attached hydrogens (tertiary/aromatic N) is 1. The van der Waals surface area contributed by atoms with Gasteiger partial charge >= 0.3 is 0 Å². The van der Waals surface area contributed by atoms with Crippen LogP contribution < -0.4 is 5.32 Å². The van der Waals surface area contributed by atoms with Crippen molar-refractivity contribution in [1.29, 1.82) is 0 Å². The summed E-state index contributed by atoms with van der Waals surface area (Å²) >= 11 is 0. The van der Waals surface area contributed by atoms with Gasteiger partial charge in [0.25, 0.3) is 5.91 Å². The van der Waals surface area contributed by atoms with Crippen LogP contribution in [0.15, 0.2) is 18.2 Å². The second kappa shape index (κ2) is 5.31. The molecule has 0 aromatic heterocycles. The van der Waals surface area contributed by atoms with E-state index in [0.29, 0.717) is 19.3 Å². The Labute approximate surface area is 113 Å². The van der Waals surface area contributed by atoms with Gasteiger partial charge in [0.15, 0.2) is 0 Å². The summed E-state index contributed by atoms with van der Waals surface area (Å²) in [5.74, 6) is 0.114. The first kappa shape index (κ1) is 12.6. The number of piperidine rings is 1. The number of rotatable bonds is 2. The standard InChI is InChI=1S/C15H20N2O2/c1-17(14-3-2-6-16-8-14)15(18)11-4-5-12-9-19-10-13(12)7-11/h4-5,7,14,16H,2-3,6,8-10H2,1H3. The average molecular weight is 260 g/mol. The van der Waals surface area contributed by atoms with E-state index in [1.165, 1.54) is 5.56 Å². The van der Waals surface area contributed by atoms with Crippen molar-refractivity contribution in [3.63, 3.8) is 0 Å². The van der Waals surface area contributed by atoms with Crippen molar-refractivity contribution in [3.05, 3.63) is 34.9 Å². The fraction of sp³-hybridized carbons (Fsp3) is 0.533. The lowest BCUT2D eigenvalue weighted by molar-refractivity contribution is 0.0708. The summed E-state index contributed by atoms with van der Waals surface area (Å²) in [5.41, 5.74) is 3.14. The number of nitrogens with one attached hydrogen (secondary N) is 1. The lowest BCUT2D eigenvalue weighted by Gasteiger charge is -2.31. The third kappa shape index (κ3) is 2.51. The van der Waals surface area contributed by atoms with Crippen LogP contribution in [-0.4, -0.2) is 37.0 Å². The Bertz CT molecular complexity index is 481. The number of carbonyl (C=O) groups is 1. The maximum absolute atomic E-state index is 12.5. The maximum atomic E-state index is 12.5. The second-order valence-electron chi connectivity index (χ2n) is 5.39. The molecule has 2 aliphatic rings. The number of amides is 1. The summed E-state index contributed by atoms with van der Waals surface area (Å²) in [4.78, 5) is 14.4. The number of benzene rings is 1. The topological polar surface area (TPSA) is 41.6 Å². The molecule has 4 heteroatoms. The zero-order valence-electron chi connectivity index (χ0n) is 11.3. The van der Waals surface area contributed by atoms with Gasteiger partial charge in [0.05, 0.1) is 13.2 Å². The highest BCUT2D eigenvalue weighted by molar-refractivity contribution is 5.94. The Morgan fingerprint density at radius 1 is 1.37 bits per heavy atom. The van der Waals surface area contributed by atoms with Crippen molar-refractivity contribution in [2.24, 2.45) is 0 Å². The largest absolute Gasteiger partial charge is 0.372 e. The summed E-state index contributed by atoms with van der Waals surface area (Å²) in [6, 6.07) is 6.23. The number of likely N-dealkylation sites (N-methyl/N-ethyl adjacent to an activating group) is 1. The molecule has 0 saturated carbocycles. The van der Waals surface area contributed by atoms with E-state index in [9.17, 15) is 4.79 Å². The maximum Gasteiger partial charge on any atom is 0.253 e. The van der Waals surface area contributed by atoms with Crippen molar-refractivity contribution >= 4 is 5.91 Å². The SMILES string of the molecule is CN(C(=O)c1ccc2c(c1)COC2)C1CCCNC1. The highest BCUT2D eigenvalue weighted by Crippen LogP contribution is 2.22. The molecule has 1 saturated heterocycles. The minimum Gasteiger partial charge on any atom is -0.372 e. The van der Waals surface area contributed by atoms with Gasteiger partial charge in [0, 0.05) is 25.2 Å². The van der Waals surface area contributed by atoms with Gasteiger partial charge in [-0.05, 0) is 42.6 Å². The van der Waals surface area contributed by atoms with Crippen molar-refractivity contribution in [2.75, 3.05) is 20.1 Å². The Hall–Kier alpha value is -1.39. The molecule has 1 atom stereocenters. The van der Waals surface area contributed by atoms with Crippen molar-refractivity contribution in [2.45, 2.75) is 32.1 Å². The predicted octanol–water partition coefficient (Wildman–Crippen LogP) is 1.54. The van der Waals surface area contributed by atoms with E-state index in [1.54, 1.807) is 0 Å². The monoisotopic (exact) mass is 260 g/mol. The fourth-order valence-corrected chi connectivity index (χ4v) is 2.84. The van der Waals surface area contributed by atoms with Gasteiger partial charge in [-0.15, -0.1) is 0 Å². The van der Waals surface area contributed by atoms with Crippen LogP contribution in [0.3, 0.4) is 0 Å². The quantitative estimate of drug-likeness (QED) is 0.877. The molecule has 2 heterocycles. The molecule has 1 fully saturated rings. The normalized spacial score (nSPS) is 22.1. The lowest BCUT2D eigenvalue weighted by atomic mass is 10.0. The van der Waals surface area contributed by atoms with Crippen molar-refractivity contribution in [3.8, 4) is 0 Å². The van der Waals surface area contributed by atoms with Crippen LogP contribution in [0.1, 0.15) is 34.3 Å². The van der Waals surface area contributed by atoms with Gasteiger partial charge in [-0.3, -0.25) is 4.79 Å². The second-order valence-corrected chi connectivity index (χ2v) is 5.39. The van der Waals surface area contributed by atoms with E-state index in [2.05, 4.69) is 5.32 Å². The molecule has 0 bridgehead atoms. The molecule has 0 spiro atoms. The predicted molar refractivity (Wildman–Crippen MR) is 72.9 cm³/mol. The van der Waals surface area contributed by atoms with E-state index < -0.39 is 0 Å². The van der Waals surface area contributed by atoms with Crippen LogP contribution >= 0.6 is 0 Å². The highest BCUT2D eigenvalue weighted by Gasteiger charge is 2.23. The summed E-state index contributed by atoms with van der Waals surface area (Å²) in [6.45, 7) is 3.27. The van der Waals surface area contributed by atoms with Gasteiger partial charge in [0.1, 0.15) is 0 Å². The van der Waals surface area contributed by atoms with E-state index in [4.69, 9.17) is 4.74 Å². The minimum atomic E-state index is 0.114. The molecule has 1 aromatic carbocycles. The molecule has 19 heavy (non-hydrogen) atoms. The van der Waals surface area contributed by atoms with Crippen LogP contribution in [0, 0.1) is 0 Å². The average Bonchev–Trinajstić information content (AvgIpc) is 2.94. The van der Waals surface area contributed by atoms with E-state index in [0.717, 1.165) is 37.1 Å². The molecule has 1 N–H and O–H groups in total. The molecule has 3 rings (SSSR count). The molecule has 0 radical (unpaired) electrons. The van der Waals surface area contributed by atoms with Gasteiger partial charge in [-0.1, -0.05) is 6.07 Å². The van der Waals surface area contributed by atoms with Crippen LogP contribution in [0.4, 0.5) is 0 Å². The lowest BCUT2D eigenvalue weighted by Crippen LogP contribution is -2.46. The zero-order valence-corrected chi connectivity index (χ0v) is 11.3. The summed E-state index contributed by atoms with van der Waals surface area (Å²) in [6.07, 6.45) is 2.23. The van der Waals surface area contributed by atoms with Gasteiger partial charge < -0.3 is 15.0 Å². The summed E-state index contributed by atoms with van der Waals surface area (Å²) in [5, 5.41) is 3.35. The first-order chi connectivity index (χ1) is 9.25. The minimum absolute atomic E-state index is 0.114.